The van der Waals surface area contributed by atoms with Crippen LogP contribution in [-0.2, 0) is 0 Å². The van der Waals surface area contributed by atoms with Gasteiger partial charge >= 0.3 is 0 Å². The van der Waals surface area contributed by atoms with Crippen molar-refractivity contribution in [3.05, 3.63) is 24.4 Å². The highest BCUT2D eigenvalue weighted by Gasteiger charge is 2.02. The SMILES string of the molecule is CCCCCC1=NN(CCCCC)C=CC=C1. The minimum atomic E-state index is 1.04. The van der Waals surface area contributed by atoms with Crippen molar-refractivity contribution in [2.24, 2.45) is 5.10 Å². The van der Waals surface area contributed by atoms with Gasteiger partial charge in [0.15, 0.2) is 0 Å². The number of allylic oxidation sites excluding steroid dienone is 3. The summed E-state index contributed by atoms with van der Waals surface area (Å²) in [5.41, 5.74) is 1.22. The number of rotatable bonds is 8. The lowest BCUT2D eigenvalue weighted by molar-refractivity contribution is 0.384. The molecule has 2 nitrogen and oxygen atoms in total. The summed E-state index contributed by atoms with van der Waals surface area (Å²) in [6.45, 7) is 5.52. The molecule has 0 saturated carbocycles. The molecule has 17 heavy (non-hydrogen) atoms. The number of nitrogens with zero attached hydrogens (tertiary/aromatic N) is 2. The van der Waals surface area contributed by atoms with Crippen LogP contribution in [0.4, 0.5) is 0 Å². The molecule has 0 amide bonds. The van der Waals surface area contributed by atoms with E-state index >= 15 is 0 Å². The zero-order valence-corrected chi connectivity index (χ0v) is 11.4. The molecule has 1 aliphatic rings. The Morgan fingerprint density at radius 1 is 1.00 bits per heavy atom. The van der Waals surface area contributed by atoms with Crippen LogP contribution in [0.2, 0.25) is 0 Å². The molecule has 0 aromatic heterocycles. The van der Waals surface area contributed by atoms with Crippen LogP contribution in [0.15, 0.2) is 29.5 Å². The smallest absolute Gasteiger partial charge is 0.0609 e. The van der Waals surface area contributed by atoms with Gasteiger partial charge in [-0.15, -0.1) is 0 Å². The molecule has 0 aromatic rings. The number of hydrogen-bond acceptors (Lipinski definition) is 2. The molecule has 1 rings (SSSR count). The predicted molar refractivity (Wildman–Crippen MR) is 76.1 cm³/mol. The number of hydrazone groups is 1. The van der Waals surface area contributed by atoms with Crippen molar-refractivity contribution < 1.29 is 0 Å². The Balaban J connectivity index is 2.39. The molecule has 0 N–H and O–H groups in total. The van der Waals surface area contributed by atoms with Crippen LogP contribution in [0.3, 0.4) is 0 Å². The standard InChI is InChI=1S/C15H26N2/c1-3-5-7-11-15-12-8-10-14-17(16-15)13-9-6-4-2/h8,10,12,14H,3-7,9,11,13H2,1-2H3. The van der Waals surface area contributed by atoms with Crippen molar-refractivity contribution in [1.29, 1.82) is 0 Å². The molecule has 0 atom stereocenters. The first-order valence-corrected chi connectivity index (χ1v) is 7.05. The Morgan fingerprint density at radius 2 is 1.76 bits per heavy atom. The first-order chi connectivity index (χ1) is 8.36. The molecular formula is C15H26N2. The lowest BCUT2D eigenvalue weighted by Gasteiger charge is -2.14. The fourth-order valence-corrected chi connectivity index (χ4v) is 1.89. The van der Waals surface area contributed by atoms with Crippen LogP contribution in [0.5, 0.6) is 0 Å². The molecule has 0 unspecified atom stereocenters. The van der Waals surface area contributed by atoms with Crippen molar-refractivity contribution in [2.75, 3.05) is 6.54 Å². The lowest BCUT2D eigenvalue weighted by atomic mass is 10.1. The van der Waals surface area contributed by atoms with Gasteiger partial charge in [0.25, 0.3) is 0 Å². The monoisotopic (exact) mass is 234 g/mol. The fraction of sp³-hybridized carbons (Fsp3) is 0.667. The highest BCUT2D eigenvalue weighted by molar-refractivity contribution is 5.95. The third-order valence-electron chi connectivity index (χ3n) is 2.94. The highest BCUT2D eigenvalue weighted by Crippen LogP contribution is 2.08. The topological polar surface area (TPSA) is 15.6 Å². The van der Waals surface area contributed by atoms with E-state index in [1.54, 1.807) is 0 Å². The molecule has 0 aliphatic carbocycles. The van der Waals surface area contributed by atoms with Gasteiger partial charge in [-0.25, -0.2) is 0 Å². The summed E-state index contributed by atoms with van der Waals surface area (Å²) in [7, 11) is 0. The Labute approximate surface area is 106 Å². The molecule has 0 saturated heterocycles. The van der Waals surface area contributed by atoms with E-state index in [4.69, 9.17) is 5.10 Å². The molecule has 1 aliphatic heterocycles. The van der Waals surface area contributed by atoms with Crippen LogP contribution in [0, 0.1) is 0 Å². The second-order valence-corrected chi connectivity index (χ2v) is 4.62. The van der Waals surface area contributed by atoms with Gasteiger partial charge in [-0.3, -0.25) is 5.01 Å². The van der Waals surface area contributed by atoms with E-state index in [2.05, 4.69) is 43.3 Å². The first-order valence-electron chi connectivity index (χ1n) is 7.05. The highest BCUT2D eigenvalue weighted by atomic mass is 15.4. The zero-order valence-electron chi connectivity index (χ0n) is 11.4. The van der Waals surface area contributed by atoms with Crippen molar-refractivity contribution in [1.82, 2.24) is 5.01 Å². The van der Waals surface area contributed by atoms with E-state index in [1.165, 1.54) is 44.2 Å². The minimum Gasteiger partial charge on any atom is -0.273 e. The van der Waals surface area contributed by atoms with Crippen molar-refractivity contribution in [3.8, 4) is 0 Å². The molecule has 1 heterocycles. The summed E-state index contributed by atoms with van der Waals surface area (Å²) in [6.07, 6.45) is 17.1. The Bertz CT molecular complexity index is 277. The Kier molecular flexibility index (Phi) is 7.44. The molecule has 0 radical (unpaired) electrons. The van der Waals surface area contributed by atoms with Crippen molar-refractivity contribution in [3.63, 3.8) is 0 Å². The molecular weight excluding hydrogens is 208 g/mol. The van der Waals surface area contributed by atoms with Crippen LogP contribution in [0.25, 0.3) is 0 Å². The van der Waals surface area contributed by atoms with E-state index in [1.807, 2.05) is 0 Å². The van der Waals surface area contributed by atoms with E-state index in [0.717, 1.165) is 13.0 Å². The van der Waals surface area contributed by atoms with Crippen LogP contribution in [0.1, 0.15) is 58.8 Å². The molecule has 0 spiro atoms. The molecule has 0 aromatic carbocycles. The van der Waals surface area contributed by atoms with Crippen molar-refractivity contribution in [2.45, 2.75) is 58.8 Å². The predicted octanol–water partition coefficient (Wildman–Crippen LogP) is 4.50. The van der Waals surface area contributed by atoms with Gasteiger partial charge in [0.1, 0.15) is 0 Å². The summed E-state index contributed by atoms with van der Waals surface area (Å²) in [5.74, 6) is 0. The summed E-state index contributed by atoms with van der Waals surface area (Å²) in [4.78, 5) is 0. The maximum atomic E-state index is 4.70. The number of unbranched alkanes of at least 4 members (excludes halogenated alkanes) is 4. The van der Waals surface area contributed by atoms with Gasteiger partial charge in [-0.05, 0) is 31.4 Å². The van der Waals surface area contributed by atoms with Crippen molar-refractivity contribution >= 4 is 5.71 Å². The normalized spacial score (nSPS) is 14.9. The van der Waals surface area contributed by atoms with E-state index < -0.39 is 0 Å². The third-order valence-corrected chi connectivity index (χ3v) is 2.94. The van der Waals surface area contributed by atoms with E-state index in [9.17, 15) is 0 Å². The largest absolute Gasteiger partial charge is 0.273 e. The maximum absolute atomic E-state index is 4.70. The van der Waals surface area contributed by atoms with Crippen LogP contribution < -0.4 is 0 Å². The van der Waals surface area contributed by atoms with Crippen LogP contribution in [-0.4, -0.2) is 17.3 Å². The first kappa shape index (κ1) is 14.0. The number of hydrogen-bond donors (Lipinski definition) is 0. The molecule has 2 heteroatoms. The van der Waals surface area contributed by atoms with Gasteiger partial charge < -0.3 is 0 Å². The average molecular weight is 234 g/mol. The molecule has 96 valence electrons. The van der Waals surface area contributed by atoms with Gasteiger partial charge in [-0.2, -0.15) is 5.10 Å². The fourth-order valence-electron chi connectivity index (χ4n) is 1.89. The zero-order chi connectivity index (χ0) is 12.3. The second kappa shape index (κ2) is 9.03. The summed E-state index contributed by atoms with van der Waals surface area (Å²) < 4.78 is 0. The van der Waals surface area contributed by atoms with Gasteiger partial charge in [0, 0.05) is 12.7 Å². The summed E-state index contributed by atoms with van der Waals surface area (Å²) >= 11 is 0. The molecule has 0 bridgehead atoms. The average Bonchev–Trinajstić information content (AvgIpc) is 2.55. The quantitative estimate of drug-likeness (QED) is 0.565. The van der Waals surface area contributed by atoms with Gasteiger partial charge in [-0.1, -0.05) is 45.6 Å². The Hall–Kier alpha value is -1.05. The van der Waals surface area contributed by atoms with E-state index in [-0.39, 0.29) is 0 Å². The van der Waals surface area contributed by atoms with Gasteiger partial charge in [0.05, 0.1) is 5.71 Å². The summed E-state index contributed by atoms with van der Waals surface area (Å²) in [6, 6.07) is 0. The lowest BCUT2D eigenvalue weighted by Crippen LogP contribution is -2.13. The second-order valence-electron chi connectivity index (χ2n) is 4.62. The molecule has 0 fully saturated rings. The van der Waals surface area contributed by atoms with E-state index in [0.29, 0.717) is 0 Å². The van der Waals surface area contributed by atoms with Gasteiger partial charge in [0.2, 0.25) is 0 Å². The Morgan fingerprint density at radius 3 is 2.53 bits per heavy atom. The minimum absolute atomic E-state index is 1.04. The maximum Gasteiger partial charge on any atom is 0.0609 e. The van der Waals surface area contributed by atoms with Crippen LogP contribution >= 0.6 is 0 Å². The summed E-state index contributed by atoms with van der Waals surface area (Å²) in [5, 5.41) is 6.79. The third kappa shape index (κ3) is 6.30.